The number of carboxylic acids is 1. The maximum atomic E-state index is 11.6. The summed E-state index contributed by atoms with van der Waals surface area (Å²) in [4.78, 5) is 17.1. The molecule has 33 heavy (non-hydrogen) atoms. The van der Waals surface area contributed by atoms with Crippen LogP contribution in [0.4, 0.5) is 0 Å². The second kappa shape index (κ2) is 17.4. The van der Waals surface area contributed by atoms with Gasteiger partial charge in [-0.1, -0.05) is 35.9 Å². The zero-order valence-electron chi connectivity index (χ0n) is 19.4. The number of unbranched alkanes of at least 4 members (excludes halogenated alkanes) is 6. The van der Waals surface area contributed by atoms with E-state index in [2.05, 4.69) is 20.1 Å². The molecule has 1 atom stereocenters. The Bertz CT molecular complexity index is 766. The molecular weight excluding hydrogens is 426 g/mol. The van der Waals surface area contributed by atoms with Gasteiger partial charge in [-0.25, -0.2) is 4.79 Å². The summed E-state index contributed by atoms with van der Waals surface area (Å²) in [5, 5.41) is 16.6. The molecule has 0 radical (unpaired) electrons. The van der Waals surface area contributed by atoms with Gasteiger partial charge in [0.2, 0.25) is 0 Å². The Morgan fingerprint density at radius 2 is 1.39 bits per heavy atom. The lowest BCUT2D eigenvalue weighted by atomic mass is 10.0. The van der Waals surface area contributed by atoms with E-state index in [1.807, 2.05) is 6.92 Å². The highest BCUT2D eigenvalue weighted by Gasteiger charge is 2.18. The van der Waals surface area contributed by atoms with Crippen molar-refractivity contribution in [2.45, 2.75) is 70.8 Å². The fourth-order valence-electron chi connectivity index (χ4n) is 3.25. The normalized spacial score (nSPS) is 11.2. The zero-order valence-corrected chi connectivity index (χ0v) is 19.4. The molecule has 0 aromatic heterocycles. The molecule has 1 aromatic carbocycles. The van der Waals surface area contributed by atoms with E-state index in [1.165, 1.54) is 12.1 Å². The molecule has 1 aromatic rings. The SMILES string of the molecule is CC(N)Cc1c(OCCCCCCN=[N+]=[N-])cc(C(=O)O)cc1OCCCCCCN=[N+]=[N-]. The molecule has 182 valence electrons. The van der Waals surface area contributed by atoms with Gasteiger partial charge in [-0.05, 0) is 62.2 Å². The molecule has 0 heterocycles. The molecule has 1 rings (SSSR count). The fraction of sp³-hybridized carbons (Fsp3) is 0.682. The predicted octanol–water partition coefficient (Wildman–Crippen LogP) is 5.77. The minimum atomic E-state index is -1.05. The summed E-state index contributed by atoms with van der Waals surface area (Å²) in [5.41, 5.74) is 23.5. The molecule has 11 nitrogen and oxygen atoms in total. The predicted molar refractivity (Wildman–Crippen MR) is 127 cm³/mol. The first-order valence-electron chi connectivity index (χ1n) is 11.4. The van der Waals surface area contributed by atoms with Crippen LogP contribution >= 0.6 is 0 Å². The quantitative estimate of drug-likeness (QED) is 0.114. The third-order valence-corrected chi connectivity index (χ3v) is 4.89. The van der Waals surface area contributed by atoms with Gasteiger partial charge in [-0.2, -0.15) is 0 Å². The lowest BCUT2D eigenvalue weighted by Crippen LogP contribution is -2.19. The Labute approximate surface area is 194 Å². The van der Waals surface area contributed by atoms with Crippen molar-refractivity contribution in [3.63, 3.8) is 0 Å². The Balaban J connectivity index is 2.74. The molecule has 0 spiro atoms. The highest BCUT2D eigenvalue weighted by Crippen LogP contribution is 2.32. The van der Waals surface area contributed by atoms with Gasteiger partial charge in [-0.15, -0.1) is 0 Å². The van der Waals surface area contributed by atoms with E-state index in [0.717, 1.165) is 56.9 Å². The molecule has 0 saturated heterocycles. The van der Waals surface area contributed by atoms with Gasteiger partial charge in [0.1, 0.15) is 11.5 Å². The second-order valence-corrected chi connectivity index (χ2v) is 7.87. The molecule has 1 unspecified atom stereocenters. The molecular formula is C22H35N7O4. The summed E-state index contributed by atoms with van der Waals surface area (Å²) < 4.78 is 11.9. The van der Waals surface area contributed by atoms with Crippen molar-refractivity contribution in [2.75, 3.05) is 26.3 Å². The van der Waals surface area contributed by atoms with Gasteiger partial charge >= 0.3 is 5.97 Å². The highest BCUT2D eigenvalue weighted by molar-refractivity contribution is 5.89. The van der Waals surface area contributed by atoms with Gasteiger partial charge in [0.05, 0.1) is 18.8 Å². The molecule has 3 N–H and O–H groups in total. The highest BCUT2D eigenvalue weighted by atomic mass is 16.5. The average molecular weight is 462 g/mol. The van der Waals surface area contributed by atoms with E-state index in [0.29, 0.717) is 44.2 Å². The monoisotopic (exact) mass is 461 g/mol. The van der Waals surface area contributed by atoms with Crippen molar-refractivity contribution in [2.24, 2.45) is 16.0 Å². The topological polar surface area (TPSA) is 179 Å². The number of hydrogen-bond donors (Lipinski definition) is 2. The first-order valence-corrected chi connectivity index (χ1v) is 11.4. The van der Waals surface area contributed by atoms with E-state index in [4.69, 9.17) is 26.3 Å². The third kappa shape index (κ3) is 12.5. The fourth-order valence-corrected chi connectivity index (χ4v) is 3.25. The first kappa shape index (κ1) is 27.9. The van der Waals surface area contributed by atoms with Crippen LogP contribution in [0.25, 0.3) is 20.9 Å². The van der Waals surface area contributed by atoms with E-state index in [-0.39, 0.29) is 11.6 Å². The summed E-state index contributed by atoms with van der Waals surface area (Å²) >= 11 is 0. The van der Waals surface area contributed by atoms with Crippen molar-refractivity contribution in [1.29, 1.82) is 0 Å². The minimum absolute atomic E-state index is 0.108. The summed E-state index contributed by atoms with van der Waals surface area (Å²) in [7, 11) is 0. The first-order chi connectivity index (χ1) is 16.0. The maximum Gasteiger partial charge on any atom is 0.335 e. The van der Waals surface area contributed by atoms with Crippen LogP contribution in [0, 0.1) is 0 Å². The molecule has 0 aliphatic heterocycles. The van der Waals surface area contributed by atoms with Crippen LogP contribution in [0.1, 0.15) is 74.2 Å². The van der Waals surface area contributed by atoms with Crippen LogP contribution in [0.15, 0.2) is 22.4 Å². The van der Waals surface area contributed by atoms with Crippen LogP contribution in [0.2, 0.25) is 0 Å². The standard InChI is InChI=1S/C22H35N7O4/c1-17(23)14-19-20(32-12-8-4-2-6-10-26-28-24)15-18(22(30)31)16-21(19)33-13-9-5-3-7-11-27-29-25/h15-17H,2-14,23H2,1H3,(H,30,31). The van der Waals surface area contributed by atoms with Gasteiger partial charge in [0, 0.05) is 34.5 Å². The van der Waals surface area contributed by atoms with Crippen LogP contribution in [0.5, 0.6) is 11.5 Å². The van der Waals surface area contributed by atoms with Gasteiger partial charge < -0.3 is 20.3 Å². The molecule has 0 bridgehead atoms. The Morgan fingerprint density at radius 1 is 0.939 bits per heavy atom. The number of rotatable bonds is 19. The number of benzene rings is 1. The average Bonchev–Trinajstić information content (AvgIpc) is 2.78. The number of carboxylic acid groups (broad SMARTS) is 1. The summed E-state index contributed by atoms with van der Waals surface area (Å²) in [5.74, 6) is -0.0653. The number of ether oxygens (including phenoxy) is 2. The van der Waals surface area contributed by atoms with Crippen molar-refractivity contribution < 1.29 is 19.4 Å². The summed E-state index contributed by atoms with van der Waals surface area (Å²) in [6.45, 7) is 3.75. The molecule has 0 aliphatic rings. The molecule has 0 amide bonds. The lowest BCUT2D eigenvalue weighted by molar-refractivity contribution is 0.0695. The summed E-state index contributed by atoms with van der Waals surface area (Å²) in [6.07, 6.45) is 7.48. The third-order valence-electron chi connectivity index (χ3n) is 4.89. The number of carbonyl (C=O) groups is 1. The lowest BCUT2D eigenvalue weighted by Gasteiger charge is -2.19. The summed E-state index contributed by atoms with van der Waals surface area (Å²) in [6, 6.07) is 2.92. The number of nitrogens with two attached hydrogens (primary N) is 1. The van der Waals surface area contributed by atoms with Gasteiger partial charge in [0.15, 0.2) is 0 Å². The van der Waals surface area contributed by atoms with Crippen LogP contribution in [-0.2, 0) is 6.42 Å². The molecule has 0 aliphatic carbocycles. The largest absolute Gasteiger partial charge is 0.493 e. The zero-order chi connectivity index (χ0) is 24.3. The Morgan fingerprint density at radius 3 is 1.79 bits per heavy atom. The molecule has 0 fully saturated rings. The maximum absolute atomic E-state index is 11.6. The smallest absolute Gasteiger partial charge is 0.335 e. The van der Waals surface area contributed by atoms with E-state index in [1.54, 1.807) is 0 Å². The van der Waals surface area contributed by atoms with Crippen LogP contribution in [0.3, 0.4) is 0 Å². The van der Waals surface area contributed by atoms with Crippen LogP contribution in [-0.4, -0.2) is 43.4 Å². The number of hydrogen-bond acceptors (Lipinski definition) is 6. The van der Waals surface area contributed by atoms with Crippen LogP contribution < -0.4 is 15.2 Å². The van der Waals surface area contributed by atoms with E-state index < -0.39 is 5.97 Å². The van der Waals surface area contributed by atoms with Gasteiger partial charge in [-0.3, -0.25) is 0 Å². The van der Waals surface area contributed by atoms with Crippen molar-refractivity contribution >= 4 is 5.97 Å². The Hall–Kier alpha value is -3.13. The van der Waals surface area contributed by atoms with Crippen molar-refractivity contribution in [1.82, 2.24) is 0 Å². The Kier molecular flexibility index (Phi) is 14.7. The van der Waals surface area contributed by atoms with Crippen molar-refractivity contribution in [3.8, 4) is 11.5 Å². The number of aromatic carboxylic acids is 1. The number of nitrogens with zero attached hydrogens (tertiary/aromatic N) is 6. The minimum Gasteiger partial charge on any atom is -0.493 e. The molecule has 0 saturated carbocycles. The second-order valence-electron chi connectivity index (χ2n) is 7.87. The molecule has 11 heteroatoms. The number of azide groups is 2. The van der Waals surface area contributed by atoms with Crippen molar-refractivity contribution in [3.05, 3.63) is 44.1 Å². The van der Waals surface area contributed by atoms with E-state index in [9.17, 15) is 9.90 Å². The van der Waals surface area contributed by atoms with Gasteiger partial charge in [0.25, 0.3) is 0 Å². The van der Waals surface area contributed by atoms with E-state index >= 15 is 0 Å².